The predicted octanol–water partition coefficient (Wildman–Crippen LogP) is 3.95. The molecule has 0 fully saturated rings. The van der Waals surface area contributed by atoms with Gasteiger partial charge in [0.25, 0.3) is 5.22 Å². The van der Waals surface area contributed by atoms with Crippen LogP contribution in [0.25, 0.3) is 11.5 Å². The van der Waals surface area contributed by atoms with Crippen molar-refractivity contribution in [1.29, 1.82) is 0 Å². The summed E-state index contributed by atoms with van der Waals surface area (Å²) in [4.78, 5) is 0. The van der Waals surface area contributed by atoms with Gasteiger partial charge in [0.15, 0.2) is 0 Å². The molecule has 0 saturated carbocycles. The average Bonchev–Trinajstić information content (AvgIpc) is 2.92. The molecular weight excluding hydrogens is 272 g/mol. The summed E-state index contributed by atoms with van der Waals surface area (Å²) in [6.07, 6.45) is 2.28. The van der Waals surface area contributed by atoms with Crippen LogP contribution in [0.4, 0.5) is 0 Å². The maximum Gasteiger partial charge on any atom is 0.276 e. The molecular formula is C15H20N2O2S. The minimum absolute atomic E-state index is 0.581. The van der Waals surface area contributed by atoms with Crippen molar-refractivity contribution in [1.82, 2.24) is 10.2 Å². The molecule has 20 heavy (non-hydrogen) atoms. The Labute approximate surface area is 123 Å². The molecule has 108 valence electrons. The van der Waals surface area contributed by atoms with Crippen LogP contribution in [0.1, 0.15) is 25.3 Å². The molecule has 0 radical (unpaired) electrons. The second-order valence-corrected chi connectivity index (χ2v) is 5.55. The summed E-state index contributed by atoms with van der Waals surface area (Å²) in [6.45, 7) is 5.74. The molecule has 0 atom stereocenters. The van der Waals surface area contributed by atoms with Crippen LogP contribution in [-0.2, 0) is 4.74 Å². The third-order valence-corrected chi connectivity index (χ3v) is 3.66. The maximum absolute atomic E-state index is 5.66. The molecule has 0 amide bonds. The number of benzene rings is 1. The van der Waals surface area contributed by atoms with Gasteiger partial charge in [-0.2, -0.15) is 0 Å². The van der Waals surface area contributed by atoms with Crippen LogP contribution in [0.3, 0.4) is 0 Å². The monoisotopic (exact) mass is 292 g/mol. The lowest BCUT2D eigenvalue weighted by Crippen LogP contribution is -1.98. The Morgan fingerprint density at radius 1 is 1.20 bits per heavy atom. The Kier molecular flexibility index (Phi) is 6.08. The fourth-order valence-corrected chi connectivity index (χ4v) is 2.34. The van der Waals surface area contributed by atoms with E-state index in [0.29, 0.717) is 17.7 Å². The minimum Gasteiger partial charge on any atom is -0.411 e. The largest absolute Gasteiger partial charge is 0.411 e. The molecule has 0 spiro atoms. The van der Waals surface area contributed by atoms with Gasteiger partial charge in [-0.3, -0.25) is 0 Å². The lowest BCUT2D eigenvalue weighted by atomic mass is 10.1. The van der Waals surface area contributed by atoms with Gasteiger partial charge >= 0.3 is 0 Å². The van der Waals surface area contributed by atoms with Crippen LogP contribution in [0.15, 0.2) is 33.9 Å². The number of thioether (sulfide) groups is 1. The van der Waals surface area contributed by atoms with Crippen LogP contribution in [0.5, 0.6) is 0 Å². The number of aryl methyl sites for hydroxylation is 1. The smallest absolute Gasteiger partial charge is 0.276 e. The van der Waals surface area contributed by atoms with Gasteiger partial charge in [-0.15, -0.1) is 10.2 Å². The Hall–Kier alpha value is -1.33. The van der Waals surface area contributed by atoms with E-state index < -0.39 is 0 Å². The van der Waals surface area contributed by atoms with Gasteiger partial charge in [0.2, 0.25) is 5.89 Å². The highest BCUT2D eigenvalue weighted by molar-refractivity contribution is 7.99. The number of rotatable bonds is 8. The van der Waals surface area contributed by atoms with E-state index in [2.05, 4.69) is 17.1 Å². The van der Waals surface area contributed by atoms with E-state index in [1.54, 1.807) is 0 Å². The van der Waals surface area contributed by atoms with Gasteiger partial charge < -0.3 is 9.15 Å². The van der Waals surface area contributed by atoms with Gasteiger partial charge in [-0.1, -0.05) is 43.3 Å². The van der Waals surface area contributed by atoms with Crippen molar-refractivity contribution in [2.24, 2.45) is 0 Å². The Bertz CT molecular complexity index is 528. The number of hydrogen-bond acceptors (Lipinski definition) is 5. The van der Waals surface area contributed by atoms with Crippen molar-refractivity contribution in [3.8, 4) is 11.5 Å². The van der Waals surface area contributed by atoms with Gasteiger partial charge in [-0.25, -0.2) is 0 Å². The fourth-order valence-electron chi connectivity index (χ4n) is 1.73. The van der Waals surface area contributed by atoms with Crippen molar-refractivity contribution >= 4 is 11.8 Å². The van der Waals surface area contributed by atoms with Gasteiger partial charge in [0, 0.05) is 17.9 Å². The number of ether oxygens (including phenoxy) is 1. The SMILES string of the molecule is CCCCOCCSc1nnc(-c2ccccc2C)o1. The summed E-state index contributed by atoms with van der Waals surface area (Å²) in [5.41, 5.74) is 2.13. The van der Waals surface area contributed by atoms with E-state index in [4.69, 9.17) is 9.15 Å². The molecule has 0 N–H and O–H groups in total. The quantitative estimate of drug-likeness (QED) is 0.544. The Morgan fingerprint density at radius 3 is 2.85 bits per heavy atom. The molecule has 4 nitrogen and oxygen atoms in total. The molecule has 0 unspecified atom stereocenters. The summed E-state index contributed by atoms with van der Waals surface area (Å²) in [5, 5.41) is 8.76. The van der Waals surface area contributed by atoms with Crippen molar-refractivity contribution in [2.45, 2.75) is 31.9 Å². The number of nitrogens with zero attached hydrogens (tertiary/aromatic N) is 2. The van der Waals surface area contributed by atoms with Crippen molar-refractivity contribution < 1.29 is 9.15 Å². The van der Waals surface area contributed by atoms with E-state index in [1.807, 2.05) is 31.2 Å². The zero-order chi connectivity index (χ0) is 14.2. The van der Waals surface area contributed by atoms with E-state index in [9.17, 15) is 0 Å². The summed E-state index contributed by atoms with van der Waals surface area (Å²) in [5.74, 6) is 1.41. The molecule has 5 heteroatoms. The molecule has 1 aromatic heterocycles. The third kappa shape index (κ3) is 4.35. The van der Waals surface area contributed by atoms with Crippen molar-refractivity contribution in [3.63, 3.8) is 0 Å². The van der Waals surface area contributed by atoms with Crippen molar-refractivity contribution in [2.75, 3.05) is 19.0 Å². The second-order valence-electron chi connectivity index (χ2n) is 4.50. The molecule has 1 aromatic carbocycles. The first-order valence-corrected chi connectivity index (χ1v) is 7.90. The van der Waals surface area contributed by atoms with E-state index in [0.717, 1.165) is 36.3 Å². The zero-order valence-corrected chi connectivity index (χ0v) is 12.8. The molecule has 1 heterocycles. The minimum atomic E-state index is 0.581. The molecule has 0 bridgehead atoms. The fraction of sp³-hybridized carbons (Fsp3) is 0.467. The first-order chi connectivity index (χ1) is 9.81. The summed E-state index contributed by atoms with van der Waals surface area (Å²) < 4.78 is 11.2. The zero-order valence-electron chi connectivity index (χ0n) is 12.0. The van der Waals surface area contributed by atoms with Crippen LogP contribution in [0, 0.1) is 6.92 Å². The first kappa shape index (κ1) is 15.1. The van der Waals surface area contributed by atoms with Crippen LogP contribution >= 0.6 is 11.8 Å². The van der Waals surface area contributed by atoms with E-state index in [1.165, 1.54) is 11.8 Å². The summed E-state index contributed by atoms with van der Waals surface area (Å²) >= 11 is 1.53. The first-order valence-electron chi connectivity index (χ1n) is 6.91. The molecule has 0 aliphatic carbocycles. The van der Waals surface area contributed by atoms with Gasteiger partial charge in [-0.05, 0) is 25.0 Å². The standard InChI is InChI=1S/C15H20N2O2S/c1-3-4-9-18-10-11-20-15-17-16-14(19-15)13-8-6-5-7-12(13)2/h5-8H,3-4,9-11H2,1-2H3. The van der Waals surface area contributed by atoms with Crippen molar-refractivity contribution in [3.05, 3.63) is 29.8 Å². The molecule has 0 aliphatic heterocycles. The summed E-state index contributed by atoms with van der Waals surface area (Å²) in [6, 6.07) is 8.00. The molecule has 0 saturated heterocycles. The number of aromatic nitrogens is 2. The van der Waals surface area contributed by atoms with Crippen LogP contribution < -0.4 is 0 Å². The maximum atomic E-state index is 5.66. The van der Waals surface area contributed by atoms with Crippen LogP contribution in [0.2, 0.25) is 0 Å². The highest BCUT2D eigenvalue weighted by Gasteiger charge is 2.10. The number of unbranched alkanes of at least 4 members (excludes halogenated alkanes) is 1. The van der Waals surface area contributed by atoms with Crippen LogP contribution in [-0.4, -0.2) is 29.2 Å². The molecule has 2 aromatic rings. The second kappa shape index (κ2) is 8.07. The Morgan fingerprint density at radius 2 is 2.05 bits per heavy atom. The van der Waals surface area contributed by atoms with E-state index in [-0.39, 0.29) is 0 Å². The summed E-state index contributed by atoms with van der Waals surface area (Å²) in [7, 11) is 0. The lowest BCUT2D eigenvalue weighted by molar-refractivity contribution is 0.147. The third-order valence-electron chi connectivity index (χ3n) is 2.88. The molecule has 2 rings (SSSR count). The average molecular weight is 292 g/mol. The lowest BCUT2D eigenvalue weighted by Gasteiger charge is -2.01. The molecule has 0 aliphatic rings. The van der Waals surface area contributed by atoms with Gasteiger partial charge in [0.05, 0.1) is 6.61 Å². The topological polar surface area (TPSA) is 48.2 Å². The predicted molar refractivity (Wildman–Crippen MR) is 80.9 cm³/mol. The Balaban J connectivity index is 1.82. The number of hydrogen-bond donors (Lipinski definition) is 0. The van der Waals surface area contributed by atoms with Gasteiger partial charge in [0.1, 0.15) is 0 Å². The highest BCUT2D eigenvalue weighted by atomic mass is 32.2. The van der Waals surface area contributed by atoms with E-state index >= 15 is 0 Å². The highest BCUT2D eigenvalue weighted by Crippen LogP contribution is 2.25. The normalized spacial score (nSPS) is 10.9.